The molecule has 3 aromatic rings. The van der Waals surface area contributed by atoms with Crippen LogP contribution in [0.2, 0.25) is 0 Å². The van der Waals surface area contributed by atoms with Crippen molar-refractivity contribution in [2.45, 2.75) is 32.4 Å². The molecule has 0 saturated heterocycles. The monoisotopic (exact) mass is 345 g/mol. The molecule has 0 unspecified atom stereocenters. The Kier molecular flexibility index (Phi) is 4.74. The highest BCUT2D eigenvalue weighted by atomic mass is 19.3. The zero-order chi connectivity index (χ0) is 17.9. The summed E-state index contributed by atoms with van der Waals surface area (Å²) in [5, 5.41) is 0. The lowest BCUT2D eigenvalue weighted by Crippen LogP contribution is -2.19. The Morgan fingerprint density at radius 1 is 1.24 bits per heavy atom. The summed E-state index contributed by atoms with van der Waals surface area (Å²) in [6, 6.07) is 10.1. The molecule has 130 valence electrons. The van der Waals surface area contributed by atoms with Gasteiger partial charge in [0, 0.05) is 26.0 Å². The summed E-state index contributed by atoms with van der Waals surface area (Å²) in [7, 11) is 0. The molecule has 2 aromatic heterocycles. The zero-order valence-electron chi connectivity index (χ0n) is 13.7. The summed E-state index contributed by atoms with van der Waals surface area (Å²) in [5.41, 5.74) is 2.38. The molecular formula is C18H17F2N3O2. The number of rotatable bonds is 7. The van der Waals surface area contributed by atoms with Gasteiger partial charge in [-0.1, -0.05) is 12.1 Å². The number of alkyl halides is 2. The van der Waals surface area contributed by atoms with Crippen molar-refractivity contribution < 1.29 is 18.3 Å². The van der Waals surface area contributed by atoms with E-state index >= 15 is 0 Å². The minimum Gasteiger partial charge on any atom is -0.433 e. The Bertz CT molecular complexity index is 870. The van der Waals surface area contributed by atoms with Crippen LogP contribution >= 0.6 is 0 Å². The zero-order valence-corrected chi connectivity index (χ0v) is 13.7. The fraction of sp³-hybridized carbons (Fsp3) is 0.278. The van der Waals surface area contributed by atoms with E-state index in [0.717, 1.165) is 28.8 Å². The van der Waals surface area contributed by atoms with Crippen molar-refractivity contribution >= 4 is 17.5 Å². The standard InChI is InChI=1S/C18H17F2N3O2/c1-18(19,20)25-14-8-6-13(7-9-14)12-23-16(5-3-11-24)22-15-4-2-10-21-17(15)23/h2,4,6-11H,3,5,12H2,1H3. The molecule has 1 aromatic carbocycles. The van der Waals surface area contributed by atoms with Crippen molar-refractivity contribution in [3.05, 3.63) is 54.0 Å². The largest absolute Gasteiger partial charge is 0.433 e. The smallest absolute Gasteiger partial charge is 0.394 e. The van der Waals surface area contributed by atoms with Gasteiger partial charge in [-0.25, -0.2) is 9.97 Å². The van der Waals surface area contributed by atoms with Gasteiger partial charge in [0.2, 0.25) is 0 Å². The van der Waals surface area contributed by atoms with E-state index < -0.39 is 6.11 Å². The Morgan fingerprint density at radius 3 is 2.68 bits per heavy atom. The number of hydrogen-bond acceptors (Lipinski definition) is 4. The molecule has 0 spiro atoms. The van der Waals surface area contributed by atoms with Gasteiger partial charge in [-0.15, -0.1) is 0 Å². The first kappa shape index (κ1) is 17.0. The Morgan fingerprint density at radius 2 is 2.00 bits per heavy atom. The number of imidazole rings is 1. The highest BCUT2D eigenvalue weighted by Crippen LogP contribution is 2.22. The van der Waals surface area contributed by atoms with Crippen LogP contribution in [0.4, 0.5) is 8.78 Å². The van der Waals surface area contributed by atoms with Gasteiger partial charge < -0.3 is 14.1 Å². The van der Waals surface area contributed by atoms with E-state index in [1.54, 1.807) is 24.4 Å². The number of nitrogens with zero attached hydrogens (tertiary/aromatic N) is 3. The molecule has 0 bridgehead atoms. The first-order chi connectivity index (χ1) is 12.0. The third kappa shape index (κ3) is 4.17. The normalized spacial score (nSPS) is 11.6. The van der Waals surface area contributed by atoms with E-state index in [1.165, 1.54) is 12.1 Å². The number of aryl methyl sites for hydroxylation is 1. The van der Waals surface area contributed by atoms with E-state index in [9.17, 15) is 13.6 Å². The van der Waals surface area contributed by atoms with Gasteiger partial charge in [-0.2, -0.15) is 8.78 Å². The summed E-state index contributed by atoms with van der Waals surface area (Å²) in [4.78, 5) is 19.6. The highest BCUT2D eigenvalue weighted by Gasteiger charge is 2.23. The van der Waals surface area contributed by atoms with Gasteiger partial charge in [0.05, 0.1) is 6.54 Å². The van der Waals surface area contributed by atoms with Gasteiger partial charge in [0.1, 0.15) is 23.4 Å². The summed E-state index contributed by atoms with van der Waals surface area (Å²) >= 11 is 0. The number of pyridine rings is 1. The fourth-order valence-corrected chi connectivity index (χ4v) is 2.60. The van der Waals surface area contributed by atoms with E-state index in [0.29, 0.717) is 26.3 Å². The number of carbonyl (C=O) groups excluding carboxylic acids is 1. The minimum atomic E-state index is -3.21. The lowest BCUT2D eigenvalue weighted by atomic mass is 10.2. The average Bonchev–Trinajstić information content (AvgIpc) is 2.91. The van der Waals surface area contributed by atoms with Crippen molar-refractivity contribution in [1.29, 1.82) is 0 Å². The van der Waals surface area contributed by atoms with E-state index in [-0.39, 0.29) is 5.75 Å². The quantitative estimate of drug-likeness (QED) is 0.614. The number of hydrogen-bond donors (Lipinski definition) is 0. The number of aromatic nitrogens is 3. The van der Waals surface area contributed by atoms with Crippen molar-refractivity contribution in [1.82, 2.24) is 14.5 Å². The molecule has 0 saturated carbocycles. The van der Waals surface area contributed by atoms with Crippen LogP contribution in [0.3, 0.4) is 0 Å². The Balaban J connectivity index is 1.87. The predicted octanol–water partition coefficient (Wildman–Crippen LogP) is 3.60. The molecule has 0 atom stereocenters. The lowest BCUT2D eigenvalue weighted by molar-refractivity contribution is -0.158. The van der Waals surface area contributed by atoms with Crippen LogP contribution in [0.25, 0.3) is 11.2 Å². The summed E-state index contributed by atoms with van der Waals surface area (Å²) < 4.78 is 32.2. The number of carbonyl (C=O) groups is 1. The van der Waals surface area contributed by atoms with Gasteiger partial charge in [-0.3, -0.25) is 0 Å². The maximum Gasteiger partial charge on any atom is 0.394 e. The number of benzene rings is 1. The second kappa shape index (κ2) is 6.96. The van der Waals surface area contributed by atoms with Crippen molar-refractivity contribution in [2.75, 3.05) is 0 Å². The molecule has 0 aliphatic heterocycles. The molecule has 0 amide bonds. The molecule has 0 aliphatic rings. The first-order valence-corrected chi connectivity index (χ1v) is 7.86. The summed E-state index contributed by atoms with van der Waals surface area (Å²) in [5.74, 6) is 0.868. The number of aldehydes is 1. The van der Waals surface area contributed by atoms with Crippen molar-refractivity contribution in [3.63, 3.8) is 0 Å². The molecule has 5 nitrogen and oxygen atoms in total. The van der Waals surface area contributed by atoms with Crippen LogP contribution in [0.1, 0.15) is 24.7 Å². The predicted molar refractivity (Wildman–Crippen MR) is 88.7 cm³/mol. The molecule has 7 heteroatoms. The number of halogens is 2. The third-order valence-corrected chi connectivity index (χ3v) is 3.63. The third-order valence-electron chi connectivity index (χ3n) is 3.63. The van der Waals surface area contributed by atoms with Crippen molar-refractivity contribution in [3.8, 4) is 5.75 Å². The maximum absolute atomic E-state index is 12.9. The lowest BCUT2D eigenvalue weighted by Gasteiger charge is -2.13. The van der Waals surface area contributed by atoms with E-state index in [4.69, 9.17) is 0 Å². The van der Waals surface area contributed by atoms with Gasteiger partial charge in [0.25, 0.3) is 0 Å². The van der Waals surface area contributed by atoms with Crippen LogP contribution in [0, 0.1) is 0 Å². The number of ether oxygens (including phenoxy) is 1. The molecular weight excluding hydrogens is 328 g/mol. The summed E-state index contributed by atoms with van der Waals surface area (Å²) in [6.45, 7) is 1.17. The summed E-state index contributed by atoms with van der Waals surface area (Å²) in [6.07, 6.45) is 0.219. The Labute approximate surface area is 143 Å². The van der Waals surface area contributed by atoms with Crippen LogP contribution in [-0.4, -0.2) is 26.9 Å². The van der Waals surface area contributed by atoms with Crippen LogP contribution in [-0.2, 0) is 17.8 Å². The first-order valence-electron chi connectivity index (χ1n) is 7.86. The molecule has 0 fully saturated rings. The van der Waals surface area contributed by atoms with E-state index in [1.807, 2.05) is 10.6 Å². The van der Waals surface area contributed by atoms with E-state index in [2.05, 4.69) is 14.7 Å². The molecule has 3 rings (SSSR count). The van der Waals surface area contributed by atoms with Crippen LogP contribution in [0.5, 0.6) is 5.75 Å². The fourth-order valence-electron chi connectivity index (χ4n) is 2.60. The Hall–Kier alpha value is -2.83. The molecule has 0 aliphatic carbocycles. The molecule has 0 radical (unpaired) electrons. The van der Waals surface area contributed by atoms with Gasteiger partial charge in [-0.05, 0) is 29.8 Å². The van der Waals surface area contributed by atoms with Gasteiger partial charge in [0.15, 0.2) is 5.65 Å². The SMILES string of the molecule is CC(F)(F)Oc1ccc(Cn2c(CCC=O)nc3cccnc32)cc1. The van der Waals surface area contributed by atoms with Crippen molar-refractivity contribution in [2.24, 2.45) is 0 Å². The van der Waals surface area contributed by atoms with Gasteiger partial charge >= 0.3 is 6.11 Å². The molecule has 0 N–H and O–H groups in total. The highest BCUT2D eigenvalue weighted by molar-refractivity contribution is 5.71. The van der Waals surface area contributed by atoms with Crippen LogP contribution < -0.4 is 4.74 Å². The van der Waals surface area contributed by atoms with Crippen LogP contribution in [0.15, 0.2) is 42.6 Å². The topological polar surface area (TPSA) is 57.0 Å². The minimum absolute atomic E-state index is 0.103. The molecule has 2 heterocycles. The number of fused-ring (bicyclic) bond motifs is 1. The average molecular weight is 345 g/mol. The molecule has 25 heavy (non-hydrogen) atoms. The second-order valence-electron chi connectivity index (χ2n) is 5.72. The maximum atomic E-state index is 12.9. The second-order valence-corrected chi connectivity index (χ2v) is 5.72.